The van der Waals surface area contributed by atoms with Crippen molar-refractivity contribution in [2.75, 3.05) is 0 Å². The normalized spacial score (nSPS) is 10.7. The number of benzene rings is 2. The quantitative estimate of drug-likeness (QED) is 0.653. The van der Waals surface area contributed by atoms with Gasteiger partial charge in [-0.3, -0.25) is 0 Å². The summed E-state index contributed by atoms with van der Waals surface area (Å²) in [5.74, 6) is 0. The smallest absolute Gasteiger partial charge is 0.0467 e. The molecule has 0 aliphatic carbocycles. The summed E-state index contributed by atoms with van der Waals surface area (Å²) in [6.07, 6.45) is 2.81. The first-order valence-electron chi connectivity index (χ1n) is 6.32. The molecule has 1 N–H and O–H groups in total. The lowest BCUT2D eigenvalue weighted by molar-refractivity contribution is 1.12. The molecule has 3 aromatic rings. The van der Waals surface area contributed by atoms with Crippen LogP contribution in [0.2, 0.25) is 0 Å². The largest absolute Gasteiger partial charge is 0.357 e. The molecular formula is C17H15NS. The van der Waals surface area contributed by atoms with Crippen LogP contribution in [0.25, 0.3) is 10.9 Å². The molecule has 0 aliphatic rings. The number of fused-ring (bicyclic) bond motifs is 1. The highest BCUT2D eigenvalue weighted by Gasteiger charge is 2.11. The van der Waals surface area contributed by atoms with Crippen LogP contribution in [0.3, 0.4) is 0 Å². The Morgan fingerprint density at radius 2 is 1.74 bits per heavy atom. The molecule has 94 valence electrons. The van der Waals surface area contributed by atoms with Gasteiger partial charge in [-0.05, 0) is 18.2 Å². The van der Waals surface area contributed by atoms with Gasteiger partial charge in [-0.1, -0.05) is 54.2 Å². The summed E-state index contributed by atoms with van der Waals surface area (Å²) in [5.41, 5.74) is 2.43. The Bertz CT molecular complexity index is 698. The third-order valence-electron chi connectivity index (χ3n) is 3.04. The van der Waals surface area contributed by atoms with Gasteiger partial charge in [-0.2, -0.15) is 0 Å². The Hall–Kier alpha value is -1.93. The van der Waals surface area contributed by atoms with Gasteiger partial charge in [0, 0.05) is 32.8 Å². The number of H-pyrrole nitrogens is 1. The maximum absolute atomic E-state index is 3.85. The molecule has 19 heavy (non-hydrogen) atoms. The highest BCUT2D eigenvalue weighted by molar-refractivity contribution is 7.99. The summed E-state index contributed by atoms with van der Waals surface area (Å²) >= 11 is 1.81. The van der Waals surface area contributed by atoms with E-state index in [1.54, 1.807) is 0 Å². The predicted octanol–water partition coefficient (Wildman–Crippen LogP) is 5.05. The van der Waals surface area contributed by atoms with Gasteiger partial charge in [-0.15, -0.1) is 6.58 Å². The van der Waals surface area contributed by atoms with Crippen molar-refractivity contribution in [1.82, 2.24) is 4.98 Å². The fraction of sp³-hybridized carbons (Fsp3) is 0.0588. The second-order valence-electron chi connectivity index (χ2n) is 4.39. The molecular weight excluding hydrogens is 250 g/mol. The zero-order valence-corrected chi connectivity index (χ0v) is 11.4. The zero-order valence-electron chi connectivity index (χ0n) is 10.6. The van der Waals surface area contributed by atoms with Crippen LogP contribution in [0.1, 0.15) is 5.69 Å². The van der Waals surface area contributed by atoms with Crippen molar-refractivity contribution in [2.24, 2.45) is 0 Å². The lowest BCUT2D eigenvalue weighted by Crippen LogP contribution is -1.83. The average molecular weight is 265 g/mol. The summed E-state index contributed by atoms with van der Waals surface area (Å²) in [6.45, 7) is 3.85. The lowest BCUT2D eigenvalue weighted by Gasteiger charge is -2.03. The van der Waals surface area contributed by atoms with Gasteiger partial charge in [0.1, 0.15) is 0 Å². The molecule has 0 saturated carbocycles. The van der Waals surface area contributed by atoms with Gasteiger partial charge in [-0.25, -0.2) is 0 Å². The fourth-order valence-corrected chi connectivity index (χ4v) is 3.26. The van der Waals surface area contributed by atoms with Gasteiger partial charge >= 0.3 is 0 Å². The molecule has 0 amide bonds. The molecule has 0 radical (unpaired) electrons. The second-order valence-corrected chi connectivity index (χ2v) is 5.47. The molecule has 2 heteroatoms. The van der Waals surface area contributed by atoms with Crippen molar-refractivity contribution < 1.29 is 0 Å². The van der Waals surface area contributed by atoms with Crippen LogP contribution in [-0.4, -0.2) is 4.98 Å². The Morgan fingerprint density at radius 1 is 1.00 bits per heavy atom. The van der Waals surface area contributed by atoms with E-state index in [-0.39, 0.29) is 0 Å². The molecule has 0 aliphatic heterocycles. The molecule has 0 spiro atoms. The average Bonchev–Trinajstić information content (AvgIpc) is 2.79. The molecule has 1 aromatic heterocycles. The fourth-order valence-electron chi connectivity index (χ4n) is 2.18. The van der Waals surface area contributed by atoms with Crippen molar-refractivity contribution in [1.29, 1.82) is 0 Å². The third-order valence-corrected chi connectivity index (χ3v) is 4.22. The lowest BCUT2D eigenvalue weighted by atomic mass is 10.2. The molecule has 0 saturated heterocycles. The molecule has 0 bridgehead atoms. The zero-order chi connectivity index (χ0) is 13.1. The molecule has 0 unspecified atom stereocenters. The Kier molecular flexibility index (Phi) is 3.43. The SMILES string of the molecule is C=CCc1[nH]c2ccccc2c1Sc1ccccc1. The van der Waals surface area contributed by atoms with Crippen molar-refractivity contribution in [2.45, 2.75) is 16.2 Å². The number of para-hydroxylation sites is 1. The molecule has 1 heterocycles. The summed E-state index contributed by atoms with van der Waals surface area (Å²) in [7, 11) is 0. The summed E-state index contributed by atoms with van der Waals surface area (Å²) in [6, 6.07) is 18.9. The minimum absolute atomic E-state index is 0.865. The number of hydrogen-bond donors (Lipinski definition) is 1. The minimum Gasteiger partial charge on any atom is -0.357 e. The monoisotopic (exact) mass is 265 g/mol. The molecule has 1 nitrogen and oxygen atoms in total. The molecule has 3 rings (SSSR count). The highest BCUT2D eigenvalue weighted by atomic mass is 32.2. The number of aromatic nitrogens is 1. The van der Waals surface area contributed by atoms with Crippen molar-refractivity contribution in [3.8, 4) is 0 Å². The van der Waals surface area contributed by atoms with Crippen LogP contribution >= 0.6 is 11.8 Å². The number of allylic oxidation sites excluding steroid dienone is 1. The Labute approximate surface area is 117 Å². The van der Waals surface area contributed by atoms with Crippen LogP contribution in [0.15, 0.2) is 77.0 Å². The van der Waals surface area contributed by atoms with E-state index in [4.69, 9.17) is 0 Å². The van der Waals surface area contributed by atoms with E-state index in [0.29, 0.717) is 0 Å². The van der Waals surface area contributed by atoms with Gasteiger partial charge in [0.2, 0.25) is 0 Å². The van der Waals surface area contributed by atoms with E-state index in [1.165, 1.54) is 26.4 Å². The summed E-state index contributed by atoms with van der Waals surface area (Å²) in [5, 5.41) is 1.29. The van der Waals surface area contributed by atoms with E-state index in [2.05, 4.69) is 60.1 Å². The first kappa shape index (κ1) is 12.1. The third kappa shape index (κ3) is 2.45. The number of aromatic amines is 1. The van der Waals surface area contributed by atoms with E-state index in [9.17, 15) is 0 Å². The van der Waals surface area contributed by atoms with E-state index in [1.807, 2.05) is 23.9 Å². The molecule has 0 atom stereocenters. The number of nitrogens with one attached hydrogen (secondary N) is 1. The van der Waals surface area contributed by atoms with Gasteiger partial charge in [0.05, 0.1) is 0 Å². The van der Waals surface area contributed by atoms with Gasteiger partial charge < -0.3 is 4.98 Å². The molecule has 0 fully saturated rings. The van der Waals surface area contributed by atoms with Crippen LogP contribution in [0.5, 0.6) is 0 Å². The van der Waals surface area contributed by atoms with Crippen LogP contribution in [-0.2, 0) is 6.42 Å². The van der Waals surface area contributed by atoms with E-state index in [0.717, 1.165) is 6.42 Å². The maximum Gasteiger partial charge on any atom is 0.0467 e. The standard InChI is InChI=1S/C17H15NS/c1-2-8-16-17(19-13-9-4-3-5-10-13)14-11-6-7-12-15(14)18-16/h2-7,9-12,18H,1,8H2. The Morgan fingerprint density at radius 3 is 2.53 bits per heavy atom. The molecule has 2 aromatic carbocycles. The minimum atomic E-state index is 0.865. The predicted molar refractivity (Wildman–Crippen MR) is 82.8 cm³/mol. The van der Waals surface area contributed by atoms with Crippen molar-refractivity contribution >= 4 is 22.7 Å². The van der Waals surface area contributed by atoms with Gasteiger partial charge in [0.15, 0.2) is 0 Å². The van der Waals surface area contributed by atoms with Crippen LogP contribution in [0, 0.1) is 0 Å². The Balaban J connectivity index is 2.09. The van der Waals surface area contributed by atoms with Crippen LogP contribution in [0.4, 0.5) is 0 Å². The number of hydrogen-bond acceptors (Lipinski definition) is 1. The van der Waals surface area contributed by atoms with Crippen molar-refractivity contribution in [3.05, 3.63) is 72.9 Å². The summed E-state index contributed by atoms with van der Waals surface area (Å²) in [4.78, 5) is 6.06. The van der Waals surface area contributed by atoms with E-state index < -0.39 is 0 Å². The van der Waals surface area contributed by atoms with Crippen LogP contribution < -0.4 is 0 Å². The van der Waals surface area contributed by atoms with E-state index >= 15 is 0 Å². The highest BCUT2D eigenvalue weighted by Crippen LogP contribution is 2.36. The second kappa shape index (κ2) is 5.37. The summed E-state index contributed by atoms with van der Waals surface area (Å²) < 4.78 is 0. The number of rotatable bonds is 4. The van der Waals surface area contributed by atoms with Gasteiger partial charge in [0.25, 0.3) is 0 Å². The maximum atomic E-state index is 3.85. The topological polar surface area (TPSA) is 15.8 Å². The first-order chi connectivity index (χ1) is 9.38. The first-order valence-corrected chi connectivity index (χ1v) is 7.13. The van der Waals surface area contributed by atoms with Crippen molar-refractivity contribution in [3.63, 3.8) is 0 Å².